The van der Waals surface area contributed by atoms with Crippen LogP contribution in [0, 0.1) is 5.82 Å². The number of carbonyl (C=O) groups is 1. The number of rotatable bonds is 7. The van der Waals surface area contributed by atoms with E-state index in [1.54, 1.807) is 37.4 Å². The van der Waals surface area contributed by atoms with E-state index in [0.29, 0.717) is 35.5 Å². The summed E-state index contributed by atoms with van der Waals surface area (Å²) in [5, 5.41) is 3.51. The molecule has 0 bridgehead atoms. The molecule has 0 atom stereocenters. The summed E-state index contributed by atoms with van der Waals surface area (Å²) >= 11 is 0. The Morgan fingerprint density at radius 1 is 1.07 bits per heavy atom. The van der Waals surface area contributed by atoms with Gasteiger partial charge in [0.05, 0.1) is 26.2 Å². The summed E-state index contributed by atoms with van der Waals surface area (Å²) in [5.41, 5.74) is 1.57. The molecule has 6 nitrogen and oxygen atoms in total. The standard InChI is InChI=1S/C21H21FN2O4/c1-27-17-7-8-18(28-2)20-16(17)12-14(21(26)24-20)9-10-23-19(25)11-13-3-5-15(22)6-4-13/h3-8,12H,9-11H2,1-2H3,(H,23,25)(H,24,26). The number of carbonyl (C=O) groups excluding carboxylic acids is 1. The highest BCUT2D eigenvalue weighted by Gasteiger charge is 2.12. The van der Waals surface area contributed by atoms with Crippen LogP contribution in [0.4, 0.5) is 4.39 Å². The number of amides is 1. The van der Waals surface area contributed by atoms with Crippen LogP contribution in [0.1, 0.15) is 11.1 Å². The molecule has 146 valence electrons. The summed E-state index contributed by atoms with van der Waals surface area (Å²) in [4.78, 5) is 27.3. The maximum Gasteiger partial charge on any atom is 0.251 e. The maximum absolute atomic E-state index is 12.9. The molecule has 2 aromatic carbocycles. The predicted octanol–water partition coefficient (Wildman–Crippen LogP) is 2.59. The fraction of sp³-hybridized carbons (Fsp3) is 0.238. The molecular formula is C21H21FN2O4. The van der Waals surface area contributed by atoms with Crippen molar-refractivity contribution in [3.63, 3.8) is 0 Å². The number of nitrogens with one attached hydrogen (secondary N) is 2. The first kappa shape index (κ1) is 19.4. The smallest absolute Gasteiger partial charge is 0.251 e. The molecule has 0 saturated heterocycles. The van der Waals surface area contributed by atoms with Gasteiger partial charge < -0.3 is 19.8 Å². The zero-order chi connectivity index (χ0) is 20.1. The molecule has 3 aromatic rings. The van der Waals surface area contributed by atoms with Gasteiger partial charge in [0.15, 0.2) is 0 Å². The Labute approximate surface area is 161 Å². The van der Waals surface area contributed by atoms with Crippen molar-refractivity contribution in [1.82, 2.24) is 10.3 Å². The lowest BCUT2D eigenvalue weighted by Crippen LogP contribution is -2.28. The minimum Gasteiger partial charge on any atom is -0.496 e. The van der Waals surface area contributed by atoms with Gasteiger partial charge in [0.1, 0.15) is 17.3 Å². The van der Waals surface area contributed by atoms with Gasteiger partial charge in [-0.3, -0.25) is 9.59 Å². The van der Waals surface area contributed by atoms with E-state index in [9.17, 15) is 14.0 Å². The second-order valence-electron chi connectivity index (χ2n) is 6.29. The Morgan fingerprint density at radius 2 is 1.75 bits per heavy atom. The summed E-state index contributed by atoms with van der Waals surface area (Å²) in [6, 6.07) is 11.0. The van der Waals surface area contributed by atoms with Gasteiger partial charge in [0.2, 0.25) is 5.91 Å². The lowest BCUT2D eigenvalue weighted by Gasteiger charge is -2.11. The van der Waals surface area contributed by atoms with Gasteiger partial charge in [0.25, 0.3) is 5.56 Å². The van der Waals surface area contributed by atoms with Crippen molar-refractivity contribution < 1.29 is 18.7 Å². The van der Waals surface area contributed by atoms with Crippen LogP contribution in [0.15, 0.2) is 47.3 Å². The van der Waals surface area contributed by atoms with Crippen molar-refractivity contribution in [2.75, 3.05) is 20.8 Å². The number of ether oxygens (including phenoxy) is 2. The van der Waals surface area contributed by atoms with Gasteiger partial charge in [-0.2, -0.15) is 0 Å². The molecule has 0 aliphatic heterocycles. The van der Waals surface area contributed by atoms with Gasteiger partial charge in [-0.05, 0) is 42.3 Å². The Hall–Kier alpha value is -3.35. The molecule has 0 saturated carbocycles. The molecule has 0 unspecified atom stereocenters. The van der Waals surface area contributed by atoms with Crippen LogP contribution in [0.3, 0.4) is 0 Å². The van der Waals surface area contributed by atoms with Crippen LogP contribution in [0.2, 0.25) is 0 Å². The first-order valence-corrected chi connectivity index (χ1v) is 8.80. The molecule has 7 heteroatoms. The third-order valence-corrected chi connectivity index (χ3v) is 4.45. The Morgan fingerprint density at radius 3 is 2.43 bits per heavy atom. The zero-order valence-electron chi connectivity index (χ0n) is 15.7. The van der Waals surface area contributed by atoms with Crippen molar-refractivity contribution in [2.24, 2.45) is 0 Å². The second-order valence-corrected chi connectivity index (χ2v) is 6.29. The Kier molecular flexibility index (Phi) is 5.93. The number of aromatic amines is 1. The van der Waals surface area contributed by atoms with Gasteiger partial charge in [0, 0.05) is 17.5 Å². The fourth-order valence-corrected chi connectivity index (χ4v) is 3.01. The molecule has 0 spiro atoms. The number of methoxy groups -OCH3 is 2. The second kappa shape index (κ2) is 8.56. The average Bonchev–Trinajstić information content (AvgIpc) is 2.69. The van der Waals surface area contributed by atoms with E-state index >= 15 is 0 Å². The molecular weight excluding hydrogens is 363 g/mol. The number of fused-ring (bicyclic) bond motifs is 1. The fourth-order valence-electron chi connectivity index (χ4n) is 3.01. The van der Waals surface area contributed by atoms with E-state index in [0.717, 1.165) is 10.9 Å². The molecule has 3 rings (SSSR count). The highest BCUT2D eigenvalue weighted by molar-refractivity contribution is 5.90. The quantitative estimate of drug-likeness (QED) is 0.656. The number of halogens is 1. The molecule has 1 heterocycles. The molecule has 2 N–H and O–H groups in total. The number of hydrogen-bond donors (Lipinski definition) is 2. The van der Waals surface area contributed by atoms with Crippen LogP contribution in [-0.2, 0) is 17.6 Å². The SMILES string of the molecule is COc1ccc(OC)c2[nH]c(=O)c(CCNC(=O)Cc3ccc(F)cc3)cc12. The lowest BCUT2D eigenvalue weighted by atomic mass is 10.1. The third-order valence-electron chi connectivity index (χ3n) is 4.45. The summed E-state index contributed by atoms with van der Waals surface area (Å²) in [5.74, 6) is 0.635. The van der Waals surface area contributed by atoms with Gasteiger partial charge in [-0.1, -0.05) is 12.1 Å². The van der Waals surface area contributed by atoms with Crippen LogP contribution < -0.4 is 20.3 Å². The molecule has 0 aliphatic rings. The van der Waals surface area contributed by atoms with Crippen molar-refractivity contribution in [3.05, 3.63) is 69.8 Å². The van der Waals surface area contributed by atoms with E-state index < -0.39 is 0 Å². The summed E-state index contributed by atoms with van der Waals surface area (Å²) in [7, 11) is 3.09. The Balaban J connectivity index is 1.70. The summed E-state index contributed by atoms with van der Waals surface area (Å²) < 4.78 is 23.6. The van der Waals surface area contributed by atoms with Crippen molar-refractivity contribution >= 4 is 16.8 Å². The third kappa shape index (κ3) is 4.31. The van der Waals surface area contributed by atoms with E-state index in [1.165, 1.54) is 19.2 Å². The molecule has 28 heavy (non-hydrogen) atoms. The molecule has 0 radical (unpaired) electrons. The number of hydrogen-bond acceptors (Lipinski definition) is 4. The van der Waals surface area contributed by atoms with E-state index in [2.05, 4.69) is 10.3 Å². The van der Waals surface area contributed by atoms with Crippen molar-refractivity contribution in [1.29, 1.82) is 0 Å². The first-order chi connectivity index (χ1) is 13.5. The molecule has 1 aromatic heterocycles. The summed E-state index contributed by atoms with van der Waals surface area (Å²) in [6.07, 6.45) is 0.514. The number of H-pyrrole nitrogens is 1. The highest BCUT2D eigenvalue weighted by Crippen LogP contribution is 2.31. The maximum atomic E-state index is 12.9. The van der Waals surface area contributed by atoms with Crippen molar-refractivity contribution in [2.45, 2.75) is 12.8 Å². The lowest BCUT2D eigenvalue weighted by molar-refractivity contribution is -0.120. The number of pyridine rings is 1. The number of aromatic nitrogens is 1. The predicted molar refractivity (Wildman–Crippen MR) is 104 cm³/mol. The van der Waals surface area contributed by atoms with Crippen LogP contribution in [-0.4, -0.2) is 31.7 Å². The van der Waals surface area contributed by atoms with Crippen LogP contribution in [0.25, 0.3) is 10.9 Å². The van der Waals surface area contributed by atoms with Crippen LogP contribution in [0.5, 0.6) is 11.5 Å². The van der Waals surface area contributed by atoms with E-state index in [4.69, 9.17) is 9.47 Å². The zero-order valence-corrected chi connectivity index (χ0v) is 15.7. The highest BCUT2D eigenvalue weighted by atomic mass is 19.1. The van der Waals surface area contributed by atoms with E-state index in [1.807, 2.05) is 0 Å². The topological polar surface area (TPSA) is 80.4 Å². The normalized spacial score (nSPS) is 10.7. The molecule has 1 amide bonds. The van der Waals surface area contributed by atoms with Gasteiger partial charge in [-0.25, -0.2) is 4.39 Å². The molecule has 0 fully saturated rings. The Bertz CT molecular complexity index is 1040. The first-order valence-electron chi connectivity index (χ1n) is 8.80. The van der Waals surface area contributed by atoms with Crippen molar-refractivity contribution in [3.8, 4) is 11.5 Å². The van der Waals surface area contributed by atoms with Gasteiger partial charge >= 0.3 is 0 Å². The van der Waals surface area contributed by atoms with E-state index in [-0.39, 0.29) is 23.7 Å². The number of benzene rings is 2. The monoisotopic (exact) mass is 384 g/mol. The largest absolute Gasteiger partial charge is 0.496 e. The minimum atomic E-state index is -0.341. The van der Waals surface area contributed by atoms with Gasteiger partial charge in [-0.15, -0.1) is 0 Å². The van der Waals surface area contributed by atoms with Crippen LogP contribution >= 0.6 is 0 Å². The average molecular weight is 384 g/mol. The minimum absolute atomic E-state index is 0.152. The summed E-state index contributed by atoms with van der Waals surface area (Å²) in [6.45, 7) is 0.306. The molecule has 0 aliphatic carbocycles.